The number of fused-ring (bicyclic) bond motifs is 1. The quantitative estimate of drug-likeness (QED) is 0.491. The highest BCUT2D eigenvalue weighted by Gasteiger charge is 2.51. The van der Waals surface area contributed by atoms with Crippen LogP contribution in [0.25, 0.3) is 10.8 Å². The summed E-state index contributed by atoms with van der Waals surface area (Å²) in [5, 5.41) is 4.88. The van der Waals surface area contributed by atoms with Crippen LogP contribution in [0, 0.1) is 0 Å². The van der Waals surface area contributed by atoms with Crippen molar-refractivity contribution in [3.05, 3.63) is 66.0 Å². The summed E-state index contributed by atoms with van der Waals surface area (Å²) >= 11 is 0. The molecule has 2 aromatic carbocycles. The molecule has 1 aromatic heterocycles. The Balaban J connectivity index is 1.47. The minimum atomic E-state index is -0.952. The van der Waals surface area contributed by atoms with Crippen LogP contribution in [0.3, 0.4) is 0 Å². The third kappa shape index (κ3) is 4.82. The van der Waals surface area contributed by atoms with Gasteiger partial charge in [0, 0.05) is 24.6 Å². The molecule has 3 aromatic rings. The summed E-state index contributed by atoms with van der Waals surface area (Å²) in [5.74, 6) is -1.81. The number of hydrogen-bond donors (Lipinski definition) is 1. The van der Waals surface area contributed by atoms with Gasteiger partial charge in [-0.05, 0) is 43.0 Å². The molecule has 4 rings (SSSR count). The van der Waals surface area contributed by atoms with E-state index in [9.17, 15) is 14.4 Å². The van der Waals surface area contributed by atoms with Crippen molar-refractivity contribution in [2.45, 2.75) is 51.2 Å². The molecule has 0 radical (unpaired) electrons. The summed E-state index contributed by atoms with van der Waals surface area (Å²) < 4.78 is 16.1. The van der Waals surface area contributed by atoms with Crippen molar-refractivity contribution in [2.75, 3.05) is 7.11 Å². The summed E-state index contributed by atoms with van der Waals surface area (Å²) in [6.45, 7) is 4.64. The van der Waals surface area contributed by atoms with E-state index in [0.29, 0.717) is 0 Å². The lowest BCUT2D eigenvalue weighted by atomic mass is 9.87. The molecule has 1 fully saturated rings. The molecule has 0 bridgehead atoms. The summed E-state index contributed by atoms with van der Waals surface area (Å²) in [5.41, 5.74) is 0.748. The van der Waals surface area contributed by atoms with Gasteiger partial charge in [-0.25, -0.2) is 9.78 Å². The normalized spacial score (nSPS) is 15.5. The molecule has 0 aliphatic heterocycles. The van der Waals surface area contributed by atoms with E-state index in [1.807, 2.05) is 25.1 Å². The lowest BCUT2D eigenvalue weighted by Crippen LogP contribution is -2.42. The van der Waals surface area contributed by atoms with Gasteiger partial charge in [0.2, 0.25) is 5.75 Å². The number of carbonyl (C=O) groups is 3. The van der Waals surface area contributed by atoms with Crippen molar-refractivity contribution in [1.82, 2.24) is 10.3 Å². The Bertz CT molecular complexity index is 1280. The Hall–Kier alpha value is -3.94. The molecule has 2 unspecified atom stereocenters. The van der Waals surface area contributed by atoms with Gasteiger partial charge in [0.25, 0.3) is 5.91 Å². The van der Waals surface area contributed by atoms with Gasteiger partial charge in [-0.3, -0.25) is 9.59 Å². The van der Waals surface area contributed by atoms with Gasteiger partial charge in [0.1, 0.15) is 12.1 Å². The highest BCUT2D eigenvalue weighted by atomic mass is 16.6. The van der Waals surface area contributed by atoms with Gasteiger partial charge >= 0.3 is 11.9 Å². The van der Waals surface area contributed by atoms with E-state index >= 15 is 0 Å². The number of esters is 2. The van der Waals surface area contributed by atoms with Gasteiger partial charge in [0.15, 0.2) is 11.4 Å². The number of aromatic nitrogens is 1. The van der Waals surface area contributed by atoms with Crippen LogP contribution in [0.1, 0.15) is 49.7 Å². The molecule has 1 saturated carbocycles. The zero-order valence-electron chi connectivity index (χ0n) is 20.2. The number of nitrogens with zero attached hydrogens (tertiary/aromatic N) is 1. The van der Waals surface area contributed by atoms with E-state index in [0.717, 1.165) is 23.6 Å². The van der Waals surface area contributed by atoms with Crippen LogP contribution in [-0.2, 0) is 19.7 Å². The van der Waals surface area contributed by atoms with E-state index in [4.69, 9.17) is 14.2 Å². The van der Waals surface area contributed by atoms with Gasteiger partial charge in [-0.1, -0.05) is 42.5 Å². The number of methoxy groups -OCH3 is 1. The number of carbonyl (C=O) groups excluding carboxylic acids is 3. The molecule has 1 aliphatic rings. The fourth-order valence-electron chi connectivity index (χ4n) is 4.40. The van der Waals surface area contributed by atoms with E-state index in [2.05, 4.69) is 34.6 Å². The fraction of sp³-hybridized carbons (Fsp3) is 0.333. The van der Waals surface area contributed by atoms with E-state index in [1.54, 1.807) is 0 Å². The zero-order chi connectivity index (χ0) is 25.2. The van der Waals surface area contributed by atoms with Crippen LogP contribution in [0.4, 0.5) is 0 Å². The SMILES string of the molecule is COc1ccnc(C(=O)NC(C)C(=O)OC(C)C2(c3cccc4ccccc34)CC2)c1OC(C)=O. The second-order valence-electron chi connectivity index (χ2n) is 8.74. The molecule has 8 nitrogen and oxygen atoms in total. The summed E-state index contributed by atoms with van der Waals surface area (Å²) in [7, 11) is 1.38. The number of rotatable bonds is 8. The standard InChI is InChI=1S/C27H28N2O6/c1-16(29-25(31)23-24(35-18(3)30)22(33-4)12-15-28-23)26(32)34-17(2)27(13-14-27)21-11-7-9-19-8-5-6-10-20(19)21/h5-12,15-17H,13-14H2,1-4H3,(H,29,31). The maximum absolute atomic E-state index is 12.9. The maximum atomic E-state index is 12.9. The van der Waals surface area contributed by atoms with Gasteiger partial charge < -0.3 is 19.5 Å². The zero-order valence-corrected chi connectivity index (χ0v) is 20.2. The van der Waals surface area contributed by atoms with Crippen LogP contribution >= 0.6 is 0 Å². The smallest absolute Gasteiger partial charge is 0.328 e. The first-order chi connectivity index (χ1) is 16.8. The lowest BCUT2D eigenvalue weighted by Gasteiger charge is -2.27. The van der Waals surface area contributed by atoms with Crippen molar-refractivity contribution in [3.63, 3.8) is 0 Å². The largest absolute Gasteiger partial charge is 0.493 e. The van der Waals surface area contributed by atoms with Crippen molar-refractivity contribution in [2.24, 2.45) is 0 Å². The fourth-order valence-corrected chi connectivity index (χ4v) is 4.40. The molecule has 35 heavy (non-hydrogen) atoms. The molecule has 0 spiro atoms. The Morgan fingerprint density at radius 1 is 1.03 bits per heavy atom. The molecule has 0 saturated heterocycles. The first-order valence-corrected chi connectivity index (χ1v) is 11.5. The second kappa shape index (κ2) is 9.74. The van der Waals surface area contributed by atoms with Crippen LogP contribution in [0.5, 0.6) is 11.5 Å². The average molecular weight is 477 g/mol. The number of pyridine rings is 1. The average Bonchev–Trinajstić information content (AvgIpc) is 3.65. The van der Waals surface area contributed by atoms with Crippen molar-refractivity contribution < 1.29 is 28.6 Å². The van der Waals surface area contributed by atoms with E-state index < -0.39 is 23.9 Å². The van der Waals surface area contributed by atoms with E-state index in [-0.39, 0.29) is 28.7 Å². The maximum Gasteiger partial charge on any atom is 0.328 e. The van der Waals surface area contributed by atoms with Crippen LogP contribution in [0.15, 0.2) is 54.7 Å². The molecular formula is C27H28N2O6. The Kier molecular flexibility index (Phi) is 6.73. The molecule has 1 N–H and O–H groups in total. The monoisotopic (exact) mass is 476 g/mol. The predicted octanol–water partition coefficient (Wildman–Crippen LogP) is 3.95. The van der Waals surface area contributed by atoms with Gasteiger partial charge in [-0.2, -0.15) is 0 Å². The Morgan fingerprint density at radius 2 is 1.74 bits per heavy atom. The molecule has 182 valence electrons. The number of hydrogen-bond acceptors (Lipinski definition) is 7. The lowest BCUT2D eigenvalue weighted by molar-refractivity contribution is -0.151. The molecule has 8 heteroatoms. The number of ether oxygens (including phenoxy) is 3. The Labute approximate surface area is 203 Å². The topological polar surface area (TPSA) is 104 Å². The number of amides is 1. The van der Waals surface area contributed by atoms with Crippen molar-refractivity contribution >= 4 is 28.6 Å². The third-order valence-corrected chi connectivity index (χ3v) is 6.44. The summed E-state index contributed by atoms with van der Waals surface area (Å²) in [6.07, 6.45) is 2.80. The minimum absolute atomic E-state index is 0.109. The molecule has 1 heterocycles. The predicted molar refractivity (Wildman–Crippen MR) is 129 cm³/mol. The highest BCUT2D eigenvalue weighted by Crippen LogP contribution is 2.53. The molecule has 1 amide bonds. The molecule has 1 aliphatic carbocycles. The second-order valence-corrected chi connectivity index (χ2v) is 8.74. The first kappa shape index (κ1) is 24.2. The Morgan fingerprint density at radius 3 is 2.43 bits per heavy atom. The molecular weight excluding hydrogens is 448 g/mol. The first-order valence-electron chi connectivity index (χ1n) is 11.5. The van der Waals surface area contributed by atoms with Crippen LogP contribution in [0.2, 0.25) is 0 Å². The van der Waals surface area contributed by atoms with E-state index in [1.165, 1.54) is 38.8 Å². The van der Waals surface area contributed by atoms with Crippen molar-refractivity contribution in [3.8, 4) is 11.5 Å². The minimum Gasteiger partial charge on any atom is -0.493 e. The highest BCUT2D eigenvalue weighted by molar-refractivity contribution is 5.98. The van der Waals surface area contributed by atoms with Crippen LogP contribution in [-0.4, -0.2) is 42.1 Å². The van der Waals surface area contributed by atoms with Gasteiger partial charge in [-0.15, -0.1) is 0 Å². The number of nitrogens with one attached hydrogen (secondary N) is 1. The van der Waals surface area contributed by atoms with Crippen LogP contribution < -0.4 is 14.8 Å². The summed E-state index contributed by atoms with van der Waals surface area (Å²) in [6, 6.07) is 14.9. The van der Waals surface area contributed by atoms with Crippen molar-refractivity contribution in [1.29, 1.82) is 0 Å². The summed E-state index contributed by atoms with van der Waals surface area (Å²) in [4.78, 5) is 41.3. The third-order valence-electron chi connectivity index (χ3n) is 6.44. The van der Waals surface area contributed by atoms with Gasteiger partial charge in [0.05, 0.1) is 7.11 Å². The number of benzene rings is 2. The molecule has 2 atom stereocenters.